The van der Waals surface area contributed by atoms with Gasteiger partial charge in [-0.3, -0.25) is 10.1 Å². The van der Waals surface area contributed by atoms with Crippen LogP contribution in [0.5, 0.6) is 0 Å². The van der Waals surface area contributed by atoms with Crippen LogP contribution in [-0.4, -0.2) is 22.0 Å². The first-order valence-electron chi connectivity index (χ1n) is 8.76. The van der Waals surface area contributed by atoms with Crippen LogP contribution in [0, 0.1) is 10.1 Å². The quantitative estimate of drug-likeness (QED) is 0.363. The number of carboxylic acids is 1. The molecule has 1 atom stereocenters. The van der Waals surface area contributed by atoms with Gasteiger partial charge in [-0.25, -0.2) is 9.59 Å². The molecule has 29 heavy (non-hydrogen) atoms. The monoisotopic (exact) mass is 391 g/mol. The van der Waals surface area contributed by atoms with Gasteiger partial charge in [0.2, 0.25) is 0 Å². The SMILES string of the molecule is O=C(O)c1cc(C(=O)OC(Cc2ccccc2)c2ccccc2)cc([N+](=O)[O-])c1. The number of nitro benzene ring substituents is 1. The Balaban J connectivity index is 1.92. The number of esters is 1. The van der Waals surface area contributed by atoms with Crippen molar-refractivity contribution < 1.29 is 24.4 Å². The van der Waals surface area contributed by atoms with Crippen molar-refractivity contribution in [3.8, 4) is 0 Å². The normalized spacial score (nSPS) is 11.4. The molecule has 0 amide bonds. The maximum atomic E-state index is 12.7. The molecule has 0 aliphatic rings. The summed E-state index contributed by atoms with van der Waals surface area (Å²) in [6.07, 6.45) is -0.240. The number of hydrogen-bond donors (Lipinski definition) is 1. The smallest absolute Gasteiger partial charge is 0.339 e. The number of rotatable bonds is 7. The minimum absolute atomic E-state index is 0.189. The maximum absolute atomic E-state index is 12.7. The molecular weight excluding hydrogens is 374 g/mol. The number of aromatic carboxylic acids is 1. The highest BCUT2D eigenvalue weighted by molar-refractivity contribution is 5.95. The van der Waals surface area contributed by atoms with Gasteiger partial charge in [0.1, 0.15) is 6.10 Å². The maximum Gasteiger partial charge on any atom is 0.339 e. The highest BCUT2D eigenvalue weighted by atomic mass is 16.6. The lowest BCUT2D eigenvalue weighted by molar-refractivity contribution is -0.384. The van der Waals surface area contributed by atoms with E-state index < -0.39 is 28.7 Å². The van der Waals surface area contributed by atoms with Crippen LogP contribution in [0.3, 0.4) is 0 Å². The van der Waals surface area contributed by atoms with E-state index in [0.717, 1.165) is 29.3 Å². The van der Waals surface area contributed by atoms with Crippen LogP contribution >= 0.6 is 0 Å². The van der Waals surface area contributed by atoms with E-state index >= 15 is 0 Å². The molecule has 0 aliphatic heterocycles. The fourth-order valence-corrected chi connectivity index (χ4v) is 2.88. The van der Waals surface area contributed by atoms with Gasteiger partial charge in [-0.2, -0.15) is 0 Å². The average Bonchev–Trinajstić information content (AvgIpc) is 2.74. The zero-order valence-corrected chi connectivity index (χ0v) is 15.2. The van der Waals surface area contributed by atoms with Crippen LogP contribution < -0.4 is 0 Å². The minimum Gasteiger partial charge on any atom is -0.478 e. The molecule has 1 unspecified atom stereocenters. The molecule has 1 N–H and O–H groups in total. The molecular formula is C22H17NO6. The second kappa shape index (κ2) is 8.79. The second-order valence-electron chi connectivity index (χ2n) is 6.33. The number of nitro groups is 1. The van der Waals surface area contributed by atoms with Crippen molar-refractivity contribution in [3.63, 3.8) is 0 Å². The lowest BCUT2D eigenvalue weighted by atomic mass is 10.0. The van der Waals surface area contributed by atoms with Gasteiger partial charge in [0, 0.05) is 18.6 Å². The van der Waals surface area contributed by atoms with E-state index in [9.17, 15) is 24.8 Å². The minimum atomic E-state index is -1.37. The number of nitrogens with zero attached hydrogens (tertiary/aromatic N) is 1. The summed E-state index contributed by atoms with van der Waals surface area (Å²) in [4.78, 5) is 34.3. The number of carboxylic acid groups (broad SMARTS) is 1. The molecule has 0 spiro atoms. The number of carbonyl (C=O) groups is 2. The Kier molecular flexibility index (Phi) is 5.99. The van der Waals surface area contributed by atoms with E-state index in [0.29, 0.717) is 6.42 Å². The van der Waals surface area contributed by atoms with Crippen LogP contribution in [0.15, 0.2) is 78.9 Å². The van der Waals surface area contributed by atoms with Gasteiger partial charge in [0.25, 0.3) is 5.69 Å². The first kappa shape index (κ1) is 19.8. The van der Waals surface area contributed by atoms with Crippen molar-refractivity contribution in [2.24, 2.45) is 0 Å². The van der Waals surface area contributed by atoms with Gasteiger partial charge < -0.3 is 9.84 Å². The van der Waals surface area contributed by atoms with Gasteiger partial charge in [-0.15, -0.1) is 0 Å². The number of benzene rings is 3. The third kappa shape index (κ3) is 5.04. The van der Waals surface area contributed by atoms with Gasteiger partial charge in [0.15, 0.2) is 0 Å². The Bertz CT molecular complexity index is 1000. The standard InChI is InChI=1S/C22H17NO6/c24-21(25)17-12-18(14-19(13-17)23(27)28)22(26)29-20(16-9-5-2-6-10-16)11-15-7-3-1-4-8-15/h1-10,12-14,20H,11H2,(H,24,25). The molecule has 0 bridgehead atoms. The average molecular weight is 391 g/mol. The molecule has 0 fully saturated rings. The summed E-state index contributed by atoms with van der Waals surface area (Å²) in [5, 5.41) is 20.3. The highest BCUT2D eigenvalue weighted by Gasteiger charge is 2.22. The van der Waals surface area contributed by atoms with Crippen LogP contribution in [0.1, 0.15) is 37.9 Å². The summed E-state index contributed by atoms with van der Waals surface area (Å²) in [5.41, 5.74) is 0.667. The van der Waals surface area contributed by atoms with E-state index in [1.54, 1.807) is 0 Å². The molecule has 146 valence electrons. The Labute approximate surface area is 166 Å². The zero-order valence-electron chi connectivity index (χ0n) is 15.2. The third-order valence-electron chi connectivity index (χ3n) is 4.30. The van der Waals surface area contributed by atoms with Crippen molar-refractivity contribution in [1.29, 1.82) is 0 Å². The zero-order chi connectivity index (χ0) is 20.8. The molecule has 7 heteroatoms. The summed E-state index contributed by atoms with van der Waals surface area (Å²) in [6.45, 7) is 0. The van der Waals surface area contributed by atoms with Crippen molar-refractivity contribution in [2.45, 2.75) is 12.5 Å². The molecule has 3 rings (SSSR count). The van der Waals surface area contributed by atoms with E-state index in [2.05, 4.69) is 0 Å². The number of ether oxygens (including phenoxy) is 1. The van der Waals surface area contributed by atoms with E-state index in [1.807, 2.05) is 60.7 Å². The number of hydrogen-bond acceptors (Lipinski definition) is 5. The van der Waals surface area contributed by atoms with Crippen molar-refractivity contribution in [3.05, 3.63) is 111 Å². The first-order valence-corrected chi connectivity index (χ1v) is 8.76. The summed E-state index contributed by atoms with van der Waals surface area (Å²) in [5.74, 6) is -2.20. The number of non-ortho nitro benzene ring substituents is 1. The lowest BCUT2D eigenvalue weighted by Gasteiger charge is -2.19. The molecule has 0 radical (unpaired) electrons. The molecule has 0 aliphatic carbocycles. The van der Waals surface area contributed by atoms with Crippen molar-refractivity contribution >= 4 is 17.6 Å². The van der Waals surface area contributed by atoms with E-state index in [1.165, 1.54) is 0 Å². The molecule has 3 aromatic rings. The molecule has 0 aromatic heterocycles. The first-order chi connectivity index (χ1) is 13.9. The fraction of sp³-hybridized carbons (Fsp3) is 0.0909. The van der Waals surface area contributed by atoms with Gasteiger partial charge in [0.05, 0.1) is 16.1 Å². The predicted octanol–water partition coefficient (Wildman–Crippen LogP) is 4.43. The summed E-state index contributed by atoms with van der Waals surface area (Å²) in [7, 11) is 0. The van der Waals surface area contributed by atoms with Crippen molar-refractivity contribution in [1.82, 2.24) is 0 Å². The Hall–Kier alpha value is -4.00. The van der Waals surface area contributed by atoms with E-state index in [4.69, 9.17) is 4.74 Å². The Morgan fingerprint density at radius 1 is 0.931 bits per heavy atom. The second-order valence-corrected chi connectivity index (χ2v) is 6.33. The molecule has 0 saturated heterocycles. The molecule has 0 heterocycles. The van der Waals surface area contributed by atoms with Gasteiger partial charge in [-0.05, 0) is 17.2 Å². The summed E-state index contributed by atoms with van der Waals surface area (Å²) < 4.78 is 5.64. The lowest BCUT2D eigenvalue weighted by Crippen LogP contribution is -2.15. The van der Waals surface area contributed by atoms with Crippen LogP contribution in [0.2, 0.25) is 0 Å². The molecule has 7 nitrogen and oxygen atoms in total. The third-order valence-corrected chi connectivity index (χ3v) is 4.30. The van der Waals surface area contributed by atoms with Crippen LogP contribution in [0.25, 0.3) is 0 Å². The Morgan fingerprint density at radius 2 is 1.52 bits per heavy atom. The fourth-order valence-electron chi connectivity index (χ4n) is 2.88. The number of carbonyl (C=O) groups excluding carboxylic acids is 1. The Morgan fingerprint density at radius 3 is 2.10 bits per heavy atom. The summed E-state index contributed by atoms with van der Waals surface area (Å²) in [6, 6.07) is 21.5. The largest absolute Gasteiger partial charge is 0.478 e. The van der Waals surface area contributed by atoms with Crippen molar-refractivity contribution in [2.75, 3.05) is 0 Å². The van der Waals surface area contributed by atoms with Crippen LogP contribution in [0.4, 0.5) is 5.69 Å². The van der Waals surface area contributed by atoms with Gasteiger partial charge in [-0.1, -0.05) is 60.7 Å². The summed E-state index contributed by atoms with van der Waals surface area (Å²) >= 11 is 0. The highest BCUT2D eigenvalue weighted by Crippen LogP contribution is 2.25. The predicted molar refractivity (Wildman–Crippen MR) is 105 cm³/mol. The van der Waals surface area contributed by atoms with E-state index in [-0.39, 0.29) is 11.1 Å². The van der Waals surface area contributed by atoms with Crippen LogP contribution in [-0.2, 0) is 11.2 Å². The molecule has 0 saturated carbocycles. The molecule has 3 aromatic carbocycles. The topological polar surface area (TPSA) is 107 Å². The van der Waals surface area contributed by atoms with Gasteiger partial charge >= 0.3 is 11.9 Å².